The van der Waals surface area contributed by atoms with E-state index in [2.05, 4.69) is 38.3 Å². The number of hydrogen-bond acceptors (Lipinski definition) is 1. The fourth-order valence-corrected chi connectivity index (χ4v) is 2.33. The molecule has 100 valence electrons. The van der Waals surface area contributed by atoms with Crippen LogP contribution in [0.25, 0.3) is 0 Å². The Bertz CT molecular complexity index is 379. The van der Waals surface area contributed by atoms with Gasteiger partial charge in [-0.15, -0.1) is 0 Å². The van der Waals surface area contributed by atoms with Crippen molar-refractivity contribution in [1.82, 2.24) is 5.32 Å². The minimum atomic E-state index is 0.373. The van der Waals surface area contributed by atoms with Gasteiger partial charge in [0.1, 0.15) is 0 Å². The van der Waals surface area contributed by atoms with E-state index in [-0.39, 0.29) is 0 Å². The van der Waals surface area contributed by atoms with Crippen LogP contribution in [0.1, 0.15) is 27.7 Å². The van der Waals surface area contributed by atoms with Crippen molar-refractivity contribution in [1.29, 1.82) is 0 Å². The molecule has 4 heteroatoms. The highest BCUT2D eigenvalue weighted by Gasteiger charge is 2.17. The van der Waals surface area contributed by atoms with Crippen LogP contribution in [-0.4, -0.2) is 11.2 Å². The minimum Gasteiger partial charge on any atom is -0.359 e. The molecule has 0 aliphatic carbocycles. The predicted molar refractivity (Wildman–Crippen MR) is 84.3 cm³/mol. The predicted octanol–water partition coefficient (Wildman–Crippen LogP) is 4.31. The van der Waals surface area contributed by atoms with E-state index in [0.29, 0.717) is 23.0 Å². The Balaban J connectivity index is 2.58. The van der Waals surface area contributed by atoms with Gasteiger partial charge in [0.05, 0.1) is 0 Å². The van der Waals surface area contributed by atoms with Gasteiger partial charge in [-0.25, -0.2) is 0 Å². The summed E-state index contributed by atoms with van der Waals surface area (Å²) in [4.78, 5) is 0. The van der Waals surface area contributed by atoms with Crippen LogP contribution in [0.4, 0.5) is 5.69 Å². The van der Waals surface area contributed by atoms with Crippen molar-refractivity contribution >= 4 is 34.6 Å². The molecule has 2 nitrogen and oxygen atoms in total. The van der Waals surface area contributed by atoms with Gasteiger partial charge in [0.15, 0.2) is 5.11 Å². The molecule has 0 aliphatic heterocycles. The third-order valence-electron chi connectivity index (χ3n) is 2.84. The van der Waals surface area contributed by atoms with Crippen molar-refractivity contribution in [3.8, 4) is 0 Å². The first-order chi connectivity index (χ1) is 8.40. The van der Waals surface area contributed by atoms with Crippen LogP contribution in [0.3, 0.4) is 0 Å². The summed E-state index contributed by atoms with van der Waals surface area (Å²) >= 11 is 11.2. The lowest BCUT2D eigenvalue weighted by Gasteiger charge is -2.27. The third kappa shape index (κ3) is 4.83. The summed E-state index contributed by atoms with van der Waals surface area (Å²) in [6, 6.07) is 7.88. The Hall–Kier alpha value is -0.800. The van der Waals surface area contributed by atoms with Gasteiger partial charge in [-0.1, -0.05) is 39.3 Å². The van der Waals surface area contributed by atoms with Crippen LogP contribution >= 0.6 is 23.8 Å². The highest BCUT2D eigenvalue weighted by atomic mass is 35.5. The summed E-state index contributed by atoms with van der Waals surface area (Å²) < 4.78 is 0. The summed E-state index contributed by atoms with van der Waals surface area (Å²) in [7, 11) is 0. The molecule has 0 bridgehead atoms. The molecule has 1 aromatic carbocycles. The van der Waals surface area contributed by atoms with Crippen LogP contribution in [0.2, 0.25) is 5.02 Å². The normalized spacial score (nSPS) is 11.1. The fraction of sp³-hybridized carbons (Fsp3) is 0.500. The van der Waals surface area contributed by atoms with Crippen molar-refractivity contribution in [2.24, 2.45) is 11.8 Å². The molecule has 0 heterocycles. The molecule has 0 fully saturated rings. The summed E-state index contributed by atoms with van der Waals surface area (Å²) in [5.41, 5.74) is 0.947. The van der Waals surface area contributed by atoms with Crippen LogP contribution < -0.4 is 10.6 Å². The Kier molecular flexibility index (Phi) is 5.89. The monoisotopic (exact) mass is 284 g/mol. The standard InChI is InChI=1S/C14H21ClN2S/c1-9(2)13(10(3)4)17-14(18)16-12-7-5-11(15)6-8-12/h5-10,13H,1-4H3,(H2,16,17,18). The lowest BCUT2D eigenvalue weighted by atomic mass is 9.93. The lowest BCUT2D eigenvalue weighted by Crippen LogP contribution is -2.44. The number of hydrogen-bond donors (Lipinski definition) is 2. The van der Waals surface area contributed by atoms with E-state index in [0.717, 1.165) is 10.7 Å². The van der Waals surface area contributed by atoms with Gasteiger partial charge >= 0.3 is 0 Å². The van der Waals surface area contributed by atoms with Crippen molar-refractivity contribution < 1.29 is 0 Å². The van der Waals surface area contributed by atoms with Gasteiger partial charge in [-0.3, -0.25) is 0 Å². The second-order valence-corrected chi connectivity index (χ2v) is 5.96. The first-order valence-electron chi connectivity index (χ1n) is 6.23. The average Bonchev–Trinajstić information content (AvgIpc) is 2.28. The maximum atomic E-state index is 5.84. The molecular weight excluding hydrogens is 264 g/mol. The zero-order chi connectivity index (χ0) is 13.7. The minimum absolute atomic E-state index is 0.373. The van der Waals surface area contributed by atoms with Gasteiger partial charge in [0, 0.05) is 16.8 Å². The van der Waals surface area contributed by atoms with Crippen LogP contribution in [0.15, 0.2) is 24.3 Å². The SMILES string of the molecule is CC(C)C(NC(=S)Nc1ccc(Cl)cc1)C(C)C. The average molecular weight is 285 g/mol. The number of thiocarbonyl (C=S) groups is 1. The van der Waals surface area contributed by atoms with E-state index in [1.807, 2.05) is 24.3 Å². The molecule has 0 radical (unpaired) electrons. The largest absolute Gasteiger partial charge is 0.359 e. The van der Waals surface area contributed by atoms with E-state index in [1.165, 1.54) is 0 Å². The lowest BCUT2D eigenvalue weighted by molar-refractivity contribution is 0.356. The van der Waals surface area contributed by atoms with E-state index in [1.54, 1.807) is 0 Å². The second kappa shape index (κ2) is 6.95. The molecule has 0 saturated heterocycles. The fourth-order valence-electron chi connectivity index (χ4n) is 1.95. The summed E-state index contributed by atoms with van der Waals surface area (Å²) in [5, 5.41) is 7.92. The zero-order valence-corrected chi connectivity index (χ0v) is 12.9. The van der Waals surface area contributed by atoms with Gasteiger partial charge in [0.2, 0.25) is 0 Å². The molecular formula is C14H21ClN2S. The zero-order valence-electron chi connectivity index (χ0n) is 11.3. The van der Waals surface area contributed by atoms with Gasteiger partial charge in [-0.05, 0) is 48.3 Å². The second-order valence-electron chi connectivity index (χ2n) is 5.12. The summed E-state index contributed by atoms with van der Waals surface area (Å²) in [5.74, 6) is 1.07. The maximum absolute atomic E-state index is 5.84. The molecule has 0 aromatic heterocycles. The molecule has 0 spiro atoms. The Morgan fingerprint density at radius 2 is 1.56 bits per heavy atom. The van der Waals surface area contributed by atoms with Gasteiger partial charge in [0.25, 0.3) is 0 Å². The van der Waals surface area contributed by atoms with E-state index < -0.39 is 0 Å². The smallest absolute Gasteiger partial charge is 0.171 e. The number of benzene rings is 1. The number of rotatable bonds is 4. The maximum Gasteiger partial charge on any atom is 0.171 e. The van der Waals surface area contributed by atoms with Crippen molar-refractivity contribution in [2.45, 2.75) is 33.7 Å². The quantitative estimate of drug-likeness (QED) is 0.806. The van der Waals surface area contributed by atoms with Crippen molar-refractivity contribution in [3.05, 3.63) is 29.3 Å². The highest BCUT2D eigenvalue weighted by molar-refractivity contribution is 7.80. The third-order valence-corrected chi connectivity index (χ3v) is 3.31. The van der Waals surface area contributed by atoms with Crippen molar-refractivity contribution in [3.63, 3.8) is 0 Å². The number of halogens is 1. The molecule has 0 unspecified atom stereocenters. The Morgan fingerprint density at radius 1 is 1.06 bits per heavy atom. The number of nitrogens with one attached hydrogen (secondary N) is 2. The molecule has 2 N–H and O–H groups in total. The Labute approximate surface area is 120 Å². The topological polar surface area (TPSA) is 24.1 Å². The van der Waals surface area contributed by atoms with E-state index >= 15 is 0 Å². The number of anilines is 1. The highest BCUT2D eigenvalue weighted by Crippen LogP contribution is 2.15. The van der Waals surface area contributed by atoms with E-state index in [9.17, 15) is 0 Å². The Morgan fingerprint density at radius 3 is 2.00 bits per heavy atom. The molecule has 18 heavy (non-hydrogen) atoms. The molecule has 0 saturated carbocycles. The first-order valence-corrected chi connectivity index (χ1v) is 7.02. The first kappa shape index (κ1) is 15.3. The van der Waals surface area contributed by atoms with Gasteiger partial charge < -0.3 is 10.6 Å². The summed E-state index contributed by atoms with van der Waals surface area (Å²) in [6.45, 7) is 8.79. The molecule has 1 aromatic rings. The molecule has 0 amide bonds. The van der Waals surface area contributed by atoms with E-state index in [4.69, 9.17) is 23.8 Å². The van der Waals surface area contributed by atoms with Gasteiger partial charge in [-0.2, -0.15) is 0 Å². The molecule has 0 aliphatic rings. The molecule has 1 rings (SSSR count). The van der Waals surface area contributed by atoms with Crippen LogP contribution in [0, 0.1) is 11.8 Å². The molecule has 0 atom stereocenters. The van der Waals surface area contributed by atoms with Crippen LogP contribution in [-0.2, 0) is 0 Å². The van der Waals surface area contributed by atoms with Crippen molar-refractivity contribution in [2.75, 3.05) is 5.32 Å². The summed E-state index contributed by atoms with van der Waals surface area (Å²) in [6.07, 6.45) is 0. The van der Waals surface area contributed by atoms with Crippen LogP contribution in [0.5, 0.6) is 0 Å².